The Bertz CT molecular complexity index is 1340. The molecule has 0 unspecified atom stereocenters. The van der Waals surface area contributed by atoms with E-state index in [0.717, 1.165) is 80.9 Å². The summed E-state index contributed by atoms with van der Waals surface area (Å²) in [5.74, 6) is -0.153. The van der Waals surface area contributed by atoms with Crippen molar-refractivity contribution in [3.8, 4) is 11.1 Å². The van der Waals surface area contributed by atoms with Gasteiger partial charge in [0.15, 0.2) is 0 Å². The largest absolute Gasteiger partial charge is 0.354 e. The van der Waals surface area contributed by atoms with E-state index in [-0.39, 0.29) is 17.0 Å². The van der Waals surface area contributed by atoms with Crippen molar-refractivity contribution >= 4 is 27.0 Å². The van der Waals surface area contributed by atoms with Crippen LogP contribution >= 0.6 is 0 Å². The van der Waals surface area contributed by atoms with Crippen molar-refractivity contribution in [2.45, 2.75) is 81.7 Å². The van der Waals surface area contributed by atoms with Crippen LogP contribution in [0.3, 0.4) is 0 Å². The van der Waals surface area contributed by atoms with Gasteiger partial charge in [-0.15, -0.1) is 0 Å². The summed E-state index contributed by atoms with van der Waals surface area (Å²) < 4.78 is 45.1. The molecule has 2 aliphatic rings. The lowest BCUT2D eigenvalue weighted by Crippen LogP contribution is -2.36. The van der Waals surface area contributed by atoms with Gasteiger partial charge in [-0.05, 0) is 62.6 Å². The van der Waals surface area contributed by atoms with E-state index in [9.17, 15) is 8.42 Å². The Labute approximate surface area is 218 Å². The van der Waals surface area contributed by atoms with E-state index >= 15 is 4.39 Å². The highest BCUT2D eigenvalue weighted by atomic mass is 32.2. The van der Waals surface area contributed by atoms with E-state index in [0.29, 0.717) is 24.6 Å². The summed E-state index contributed by atoms with van der Waals surface area (Å²) in [4.78, 5) is 9.10. The number of nitrogens with zero attached hydrogens (tertiary/aromatic N) is 4. The van der Waals surface area contributed by atoms with Crippen molar-refractivity contribution in [1.29, 1.82) is 0 Å². The molecule has 5 rings (SSSR count). The van der Waals surface area contributed by atoms with Crippen LogP contribution in [-0.2, 0) is 10.0 Å². The summed E-state index contributed by atoms with van der Waals surface area (Å²) in [6, 6.07) is 4.91. The number of sulfonamides is 1. The standard InChI is InChI=1S/C27H37FN6O2S/c1-2-3-13-30-27-31-17-22-23(18-34(26(22)32-27)21-10-8-20(29)9-11-21)19-7-12-25(24(28)16-19)37(35,36)33-14-5-4-6-15-33/h7,12,16-18,20-21H,2-6,8-11,13-15,29H2,1H3,(H,30,31,32). The topological polar surface area (TPSA) is 106 Å². The quantitative estimate of drug-likeness (QED) is 0.396. The monoisotopic (exact) mass is 528 g/mol. The van der Waals surface area contributed by atoms with Gasteiger partial charge in [0.2, 0.25) is 16.0 Å². The Morgan fingerprint density at radius 1 is 1.14 bits per heavy atom. The second-order valence-electron chi connectivity index (χ2n) is 10.3. The van der Waals surface area contributed by atoms with E-state index < -0.39 is 15.8 Å². The Morgan fingerprint density at radius 2 is 1.89 bits per heavy atom. The number of anilines is 1. The highest BCUT2D eigenvalue weighted by molar-refractivity contribution is 7.89. The van der Waals surface area contributed by atoms with E-state index in [1.54, 1.807) is 12.3 Å². The normalized spacial score (nSPS) is 21.4. The van der Waals surface area contributed by atoms with E-state index in [4.69, 9.17) is 10.7 Å². The summed E-state index contributed by atoms with van der Waals surface area (Å²) in [6.07, 6.45) is 12.3. The summed E-state index contributed by atoms with van der Waals surface area (Å²) in [5, 5.41) is 4.12. The van der Waals surface area contributed by atoms with Crippen LogP contribution in [0.15, 0.2) is 35.5 Å². The van der Waals surface area contributed by atoms with Gasteiger partial charge in [-0.1, -0.05) is 25.8 Å². The maximum Gasteiger partial charge on any atom is 0.245 e. The maximum absolute atomic E-state index is 15.4. The van der Waals surface area contributed by atoms with E-state index in [1.807, 2.05) is 6.20 Å². The molecule has 0 atom stereocenters. The first-order chi connectivity index (χ1) is 17.9. The summed E-state index contributed by atoms with van der Waals surface area (Å²) in [5.41, 5.74) is 8.37. The lowest BCUT2D eigenvalue weighted by atomic mass is 9.92. The van der Waals surface area contributed by atoms with Crippen LogP contribution in [0.1, 0.15) is 70.8 Å². The Kier molecular flexibility index (Phi) is 7.78. The van der Waals surface area contributed by atoms with Crippen LogP contribution in [0.2, 0.25) is 0 Å². The van der Waals surface area contributed by atoms with E-state index in [2.05, 4.69) is 21.8 Å². The predicted octanol–water partition coefficient (Wildman–Crippen LogP) is 5.07. The van der Waals surface area contributed by atoms with Crippen molar-refractivity contribution in [1.82, 2.24) is 18.8 Å². The first kappa shape index (κ1) is 26.1. The second kappa shape index (κ2) is 11.0. The van der Waals surface area contributed by atoms with Crippen LogP contribution in [0.25, 0.3) is 22.2 Å². The zero-order valence-electron chi connectivity index (χ0n) is 21.5. The maximum atomic E-state index is 15.4. The molecule has 3 N–H and O–H groups in total. The molecule has 8 nitrogen and oxygen atoms in total. The Hall–Kier alpha value is -2.56. The van der Waals surface area contributed by atoms with Gasteiger partial charge in [0, 0.05) is 55.1 Å². The number of hydrogen-bond donors (Lipinski definition) is 2. The van der Waals surface area contributed by atoms with Gasteiger partial charge in [0.05, 0.1) is 0 Å². The predicted molar refractivity (Wildman–Crippen MR) is 144 cm³/mol. The zero-order valence-corrected chi connectivity index (χ0v) is 22.3. The average Bonchev–Trinajstić information content (AvgIpc) is 3.28. The first-order valence-electron chi connectivity index (χ1n) is 13.6. The lowest BCUT2D eigenvalue weighted by molar-refractivity contribution is 0.329. The summed E-state index contributed by atoms with van der Waals surface area (Å²) >= 11 is 0. The van der Waals surface area contributed by atoms with Gasteiger partial charge < -0.3 is 15.6 Å². The zero-order chi connectivity index (χ0) is 26.0. The number of hydrogen-bond acceptors (Lipinski definition) is 6. The van der Waals surface area contributed by atoms with Crippen molar-refractivity contribution in [3.05, 3.63) is 36.4 Å². The molecule has 2 fully saturated rings. The molecule has 1 aliphatic carbocycles. The molecule has 10 heteroatoms. The Balaban J connectivity index is 1.53. The number of halogens is 1. The van der Waals surface area contributed by atoms with Crippen LogP contribution in [0, 0.1) is 5.82 Å². The molecule has 37 heavy (non-hydrogen) atoms. The van der Waals surface area contributed by atoms with Gasteiger partial charge in [0.1, 0.15) is 16.4 Å². The summed E-state index contributed by atoms with van der Waals surface area (Å²) in [7, 11) is -3.86. The number of nitrogens with two attached hydrogens (primary N) is 1. The van der Waals surface area contributed by atoms with Crippen molar-refractivity contribution < 1.29 is 12.8 Å². The van der Waals surface area contributed by atoms with E-state index in [1.165, 1.54) is 16.4 Å². The van der Waals surface area contributed by atoms with Crippen molar-refractivity contribution in [3.63, 3.8) is 0 Å². The third-order valence-corrected chi connectivity index (χ3v) is 9.63. The molecule has 3 aromatic rings. The second-order valence-corrected chi connectivity index (χ2v) is 12.2. The molecular formula is C27H37FN6O2S. The minimum Gasteiger partial charge on any atom is -0.354 e. The van der Waals surface area contributed by atoms with Crippen LogP contribution in [0.4, 0.5) is 10.3 Å². The van der Waals surface area contributed by atoms with Crippen LogP contribution < -0.4 is 11.1 Å². The smallest absolute Gasteiger partial charge is 0.245 e. The number of benzene rings is 1. The lowest BCUT2D eigenvalue weighted by Gasteiger charge is -2.27. The molecule has 1 aliphatic heterocycles. The first-order valence-corrected chi connectivity index (χ1v) is 15.0. The number of fused-ring (bicyclic) bond motifs is 1. The molecule has 200 valence electrons. The highest BCUT2D eigenvalue weighted by Crippen LogP contribution is 2.37. The molecule has 1 saturated heterocycles. The Morgan fingerprint density at radius 3 is 2.59 bits per heavy atom. The molecule has 1 saturated carbocycles. The van der Waals surface area contributed by atoms with Crippen molar-refractivity contribution in [2.75, 3.05) is 25.0 Å². The van der Waals surface area contributed by atoms with Gasteiger partial charge in [-0.25, -0.2) is 17.8 Å². The molecule has 0 bridgehead atoms. The third kappa shape index (κ3) is 5.37. The molecular weight excluding hydrogens is 491 g/mol. The fraction of sp³-hybridized carbons (Fsp3) is 0.556. The van der Waals surface area contributed by atoms with Gasteiger partial charge in [-0.2, -0.15) is 9.29 Å². The fourth-order valence-corrected chi connectivity index (χ4v) is 7.06. The third-order valence-electron chi connectivity index (χ3n) is 7.70. The number of aromatic nitrogens is 3. The number of nitrogens with one attached hydrogen (secondary N) is 1. The van der Waals surface area contributed by atoms with Crippen LogP contribution in [0.5, 0.6) is 0 Å². The van der Waals surface area contributed by atoms with Gasteiger partial charge >= 0.3 is 0 Å². The minimum absolute atomic E-state index is 0.224. The molecule has 2 aromatic heterocycles. The minimum atomic E-state index is -3.86. The molecule has 1 aromatic carbocycles. The van der Waals surface area contributed by atoms with Crippen LogP contribution in [-0.4, -0.2) is 52.9 Å². The highest BCUT2D eigenvalue weighted by Gasteiger charge is 2.29. The molecule has 0 amide bonds. The van der Waals surface area contributed by atoms with Gasteiger partial charge in [-0.3, -0.25) is 0 Å². The average molecular weight is 529 g/mol. The van der Waals surface area contributed by atoms with Gasteiger partial charge in [0.25, 0.3) is 0 Å². The number of unbranched alkanes of at least 4 members (excludes halogenated alkanes) is 1. The SMILES string of the molecule is CCCCNc1ncc2c(-c3ccc(S(=O)(=O)N4CCCCC4)c(F)c3)cn(C3CCC(N)CC3)c2n1. The molecule has 0 spiro atoms. The molecule has 3 heterocycles. The fourth-order valence-electron chi connectivity index (χ4n) is 5.50. The number of piperidine rings is 1. The summed E-state index contributed by atoms with van der Waals surface area (Å²) in [6.45, 7) is 3.81. The molecule has 0 radical (unpaired) electrons. The number of rotatable bonds is 8. The van der Waals surface area contributed by atoms with Crippen molar-refractivity contribution in [2.24, 2.45) is 5.73 Å².